The maximum Gasteiger partial charge on any atom is 0.435 e. The lowest BCUT2D eigenvalue weighted by Crippen LogP contribution is -2.33. The van der Waals surface area contributed by atoms with Gasteiger partial charge < -0.3 is 20.1 Å². The lowest BCUT2D eigenvalue weighted by atomic mass is 10.0. The lowest BCUT2D eigenvalue weighted by Gasteiger charge is -2.24. The van der Waals surface area contributed by atoms with Gasteiger partial charge in [-0.15, -0.1) is 5.10 Å². The monoisotopic (exact) mass is 504 g/mol. The number of ether oxygens (including phenoxy) is 2. The average molecular weight is 505 g/mol. The fraction of sp³-hybridized carbons (Fsp3) is 0.423. The Morgan fingerprint density at radius 2 is 1.64 bits per heavy atom. The summed E-state index contributed by atoms with van der Waals surface area (Å²) in [4.78, 5) is 25.9. The minimum absolute atomic E-state index is 0.0356. The topological polar surface area (TPSA) is 99.7 Å². The van der Waals surface area contributed by atoms with E-state index in [-0.39, 0.29) is 40.3 Å². The van der Waals surface area contributed by atoms with Crippen LogP contribution in [-0.4, -0.2) is 45.1 Å². The van der Waals surface area contributed by atoms with E-state index in [2.05, 4.69) is 11.7 Å². The highest BCUT2D eigenvalue weighted by atomic mass is 19.1. The third-order valence-electron chi connectivity index (χ3n) is 4.73. The van der Waals surface area contributed by atoms with E-state index in [0.29, 0.717) is 0 Å². The lowest BCUT2D eigenvalue weighted by molar-refractivity contribution is 0.0284. The number of anilines is 1. The highest BCUT2D eigenvalue weighted by Gasteiger charge is 2.24. The molecule has 2 aromatic rings. The van der Waals surface area contributed by atoms with Gasteiger partial charge in [-0.05, 0) is 83.9 Å². The molecule has 0 saturated heterocycles. The van der Waals surface area contributed by atoms with Gasteiger partial charge in [0.2, 0.25) is 0 Å². The molecule has 0 atom stereocenters. The summed E-state index contributed by atoms with van der Waals surface area (Å²) >= 11 is 0. The van der Waals surface area contributed by atoms with E-state index in [1.807, 2.05) is 0 Å². The Labute approximate surface area is 210 Å². The molecule has 0 spiro atoms. The fourth-order valence-corrected chi connectivity index (χ4v) is 3.31. The molecule has 0 fully saturated rings. The second kappa shape index (κ2) is 10.5. The molecule has 1 aromatic heterocycles. The summed E-state index contributed by atoms with van der Waals surface area (Å²) in [6.45, 7) is 15.4. The molecule has 0 bridgehead atoms. The van der Waals surface area contributed by atoms with E-state index in [4.69, 9.17) is 15.2 Å². The maximum absolute atomic E-state index is 15.0. The van der Waals surface area contributed by atoms with Crippen LogP contribution >= 0.6 is 0 Å². The number of allylic oxidation sites excluding steroid dienone is 1. The summed E-state index contributed by atoms with van der Waals surface area (Å²) in [5.41, 5.74) is 5.19. The van der Waals surface area contributed by atoms with Crippen LogP contribution in [0.25, 0.3) is 17.7 Å². The number of hydrogen-bond donors (Lipinski definition) is 1. The molecule has 2 N–H and O–H groups in total. The van der Waals surface area contributed by atoms with Crippen molar-refractivity contribution in [2.45, 2.75) is 66.2 Å². The zero-order valence-corrected chi connectivity index (χ0v) is 22.0. The van der Waals surface area contributed by atoms with Crippen molar-refractivity contribution in [3.05, 3.63) is 52.7 Å². The summed E-state index contributed by atoms with van der Waals surface area (Å²) in [6.07, 6.45) is 1.40. The van der Waals surface area contributed by atoms with E-state index in [0.717, 1.165) is 16.8 Å². The van der Waals surface area contributed by atoms with E-state index < -0.39 is 35.0 Å². The number of nitrogens with two attached hydrogens (primary N) is 1. The summed E-state index contributed by atoms with van der Waals surface area (Å²) in [5.74, 6) is -1.68. The van der Waals surface area contributed by atoms with Crippen molar-refractivity contribution in [2.24, 2.45) is 0 Å². The van der Waals surface area contributed by atoms with Gasteiger partial charge in [-0.2, -0.15) is 4.68 Å². The third-order valence-corrected chi connectivity index (χ3v) is 4.73. The van der Waals surface area contributed by atoms with Crippen molar-refractivity contribution in [1.29, 1.82) is 0 Å². The van der Waals surface area contributed by atoms with Crippen LogP contribution < -0.4 is 5.73 Å². The number of carbonyl (C=O) groups is 2. The molecule has 0 aliphatic rings. The van der Waals surface area contributed by atoms with Crippen LogP contribution in [-0.2, 0) is 16.0 Å². The van der Waals surface area contributed by atoms with Gasteiger partial charge in [-0.1, -0.05) is 6.58 Å². The highest BCUT2D eigenvalue weighted by Crippen LogP contribution is 2.29. The summed E-state index contributed by atoms with van der Waals surface area (Å²) in [5, 5.41) is 4.01. The highest BCUT2D eigenvalue weighted by molar-refractivity contribution is 5.88. The average Bonchev–Trinajstić information content (AvgIpc) is 3.00. The predicted octanol–water partition coefficient (Wildman–Crippen LogP) is 6.10. The van der Waals surface area contributed by atoms with Crippen LogP contribution in [0.4, 0.5) is 24.2 Å². The molecule has 196 valence electrons. The van der Waals surface area contributed by atoms with Crippen molar-refractivity contribution in [2.75, 3.05) is 12.8 Å². The van der Waals surface area contributed by atoms with Crippen molar-refractivity contribution in [1.82, 2.24) is 14.7 Å². The van der Waals surface area contributed by atoms with E-state index in [9.17, 15) is 9.59 Å². The standard InChI is InChI=1S/C26H34F2N4O4/c1-10-20-17(22(29)30-32(20)24(34)36-26(6,7)8)11-15(2)21-18(27)12-16(13-19(21)28)14-31(9)23(33)35-25(3,4)5/h10-13H,1,14H2,2-9H3,(H2,29,30)/b15-11+. The van der Waals surface area contributed by atoms with Crippen molar-refractivity contribution >= 4 is 35.7 Å². The molecule has 1 amide bonds. The molecule has 0 aliphatic carbocycles. The van der Waals surface area contributed by atoms with E-state index >= 15 is 8.78 Å². The van der Waals surface area contributed by atoms with Crippen molar-refractivity contribution in [3.8, 4) is 0 Å². The number of aromatic nitrogens is 2. The van der Waals surface area contributed by atoms with Gasteiger partial charge in [0.15, 0.2) is 5.82 Å². The molecule has 0 saturated carbocycles. The van der Waals surface area contributed by atoms with Gasteiger partial charge in [-0.25, -0.2) is 18.4 Å². The largest absolute Gasteiger partial charge is 0.444 e. The van der Waals surface area contributed by atoms with Gasteiger partial charge in [-0.3, -0.25) is 0 Å². The van der Waals surface area contributed by atoms with Crippen LogP contribution in [0.15, 0.2) is 18.7 Å². The number of rotatable bonds is 5. The molecule has 36 heavy (non-hydrogen) atoms. The number of benzene rings is 1. The van der Waals surface area contributed by atoms with Crippen LogP contribution in [0.2, 0.25) is 0 Å². The molecule has 10 heteroatoms. The summed E-state index contributed by atoms with van der Waals surface area (Å²) < 4.78 is 41.6. The molecule has 1 heterocycles. The Morgan fingerprint density at radius 1 is 1.11 bits per heavy atom. The van der Waals surface area contributed by atoms with Crippen LogP contribution in [0.5, 0.6) is 0 Å². The van der Waals surface area contributed by atoms with Gasteiger partial charge in [0.25, 0.3) is 0 Å². The molecule has 2 rings (SSSR count). The first-order valence-electron chi connectivity index (χ1n) is 11.3. The first-order chi connectivity index (χ1) is 16.4. The number of amides is 1. The Balaban J connectivity index is 2.39. The number of carbonyl (C=O) groups excluding carboxylic acids is 2. The minimum atomic E-state index is -0.824. The maximum atomic E-state index is 15.0. The zero-order chi connectivity index (χ0) is 27.6. The number of nitrogens with zero attached hydrogens (tertiary/aromatic N) is 3. The number of nitrogen functional groups attached to an aromatic ring is 1. The molecular formula is C26H34F2N4O4. The van der Waals surface area contributed by atoms with E-state index in [1.165, 1.54) is 31.0 Å². The first-order valence-corrected chi connectivity index (χ1v) is 11.3. The van der Waals surface area contributed by atoms with Gasteiger partial charge in [0, 0.05) is 24.7 Å². The minimum Gasteiger partial charge on any atom is -0.444 e. The molecule has 0 radical (unpaired) electrons. The smallest absolute Gasteiger partial charge is 0.435 e. The van der Waals surface area contributed by atoms with Crippen molar-refractivity contribution < 1.29 is 27.8 Å². The quantitative estimate of drug-likeness (QED) is 0.528. The number of hydrogen-bond acceptors (Lipinski definition) is 6. The summed E-state index contributed by atoms with van der Waals surface area (Å²) in [6, 6.07) is 2.30. The second-order valence-electron chi connectivity index (χ2n) is 10.4. The Hall–Kier alpha value is -3.69. The Kier molecular flexibility index (Phi) is 8.34. The van der Waals surface area contributed by atoms with E-state index in [1.54, 1.807) is 41.5 Å². The number of halogens is 2. The molecular weight excluding hydrogens is 470 g/mol. The van der Waals surface area contributed by atoms with Gasteiger partial charge in [0.05, 0.1) is 5.69 Å². The normalized spacial score (nSPS) is 12.3. The SMILES string of the molecule is C=Cc1c(/C=C(\C)c2c(F)cc(CN(C)C(=O)OC(C)(C)C)cc2F)c(N)nn1C(=O)OC(C)(C)C. The zero-order valence-electron chi connectivity index (χ0n) is 22.0. The fourth-order valence-electron chi connectivity index (χ4n) is 3.31. The third kappa shape index (κ3) is 7.16. The molecule has 0 unspecified atom stereocenters. The molecule has 8 nitrogen and oxygen atoms in total. The molecule has 1 aromatic carbocycles. The van der Waals surface area contributed by atoms with Crippen LogP contribution in [0.1, 0.15) is 70.9 Å². The van der Waals surface area contributed by atoms with Crippen molar-refractivity contribution in [3.63, 3.8) is 0 Å². The first kappa shape index (κ1) is 28.5. The molecule has 0 aliphatic heterocycles. The Morgan fingerprint density at radius 3 is 2.11 bits per heavy atom. The Bertz CT molecular complexity index is 1180. The van der Waals surface area contributed by atoms with Crippen LogP contribution in [0, 0.1) is 11.6 Å². The summed E-state index contributed by atoms with van der Waals surface area (Å²) in [7, 11) is 1.48. The van der Waals surface area contributed by atoms with Crippen LogP contribution in [0.3, 0.4) is 0 Å². The predicted molar refractivity (Wildman–Crippen MR) is 136 cm³/mol. The van der Waals surface area contributed by atoms with Gasteiger partial charge in [0.1, 0.15) is 22.8 Å². The van der Waals surface area contributed by atoms with Gasteiger partial charge >= 0.3 is 12.2 Å². The second-order valence-corrected chi connectivity index (χ2v) is 10.4.